The van der Waals surface area contributed by atoms with Crippen molar-refractivity contribution in [2.45, 2.75) is 38.8 Å². The number of pyridine rings is 1. The molecule has 0 aromatic carbocycles. The van der Waals surface area contributed by atoms with E-state index in [9.17, 15) is 13.2 Å². The number of nitrogens with one attached hydrogen (secondary N) is 2. The minimum atomic E-state index is -3.22. The lowest BCUT2D eigenvalue weighted by molar-refractivity contribution is 0.143. The first-order valence-corrected chi connectivity index (χ1v) is 11.2. The number of piperidine rings is 1. The van der Waals surface area contributed by atoms with E-state index in [1.807, 2.05) is 13.0 Å². The van der Waals surface area contributed by atoms with Gasteiger partial charge in [-0.25, -0.2) is 22.9 Å². The number of ether oxygens (including phenoxy) is 2. The molecular formula is C18H30N4O5S. The maximum Gasteiger partial charge on any atom is 0.317 e. The van der Waals surface area contributed by atoms with Crippen molar-refractivity contribution in [2.24, 2.45) is 0 Å². The lowest BCUT2D eigenvalue weighted by Gasteiger charge is -2.32. The predicted octanol–water partition coefficient (Wildman–Crippen LogP) is 1.11. The number of hydrogen-bond donors (Lipinski definition) is 2. The number of urea groups is 1. The molecule has 0 bridgehead atoms. The molecule has 1 saturated heterocycles. The zero-order valence-electron chi connectivity index (χ0n) is 16.5. The van der Waals surface area contributed by atoms with E-state index in [-0.39, 0.29) is 17.8 Å². The molecule has 28 heavy (non-hydrogen) atoms. The zero-order valence-corrected chi connectivity index (χ0v) is 17.3. The van der Waals surface area contributed by atoms with Crippen molar-refractivity contribution >= 4 is 16.1 Å². The fourth-order valence-corrected chi connectivity index (χ4v) is 4.30. The number of amides is 2. The molecule has 1 aliphatic rings. The number of carbonyl (C=O) groups excluding carboxylic acids is 1. The number of rotatable bonds is 10. The van der Waals surface area contributed by atoms with Gasteiger partial charge in [0.1, 0.15) is 6.61 Å². The smallest absolute Gasteiger partial charge is 0.317 e. The SMILES string of the molecule is CCCS(=O)(=O)NC1CCN(C(=O)NCc2ccc(OCCOC)nc2)CC1. The molecule has 0 radical (unpaired) electrons. The molecule has 1 fully saturated rings. The van der Waals surface area contributed by atoms with Gasteiger partial charge in [0, 0.05) is 45.0 Å². The Balaban J connectivity index is 1.71. The molecular weight excluding hydrogens is 384 g/mol. The highest BCUT2D eigenvalue weighted by Gasteiger charge is 2.25. The van der Waals surface area contributed by atoms with Crippen LogP contribution < -0.4 is 14.8 Å². The Kier molecular flexibility index (Phi) is 8.94. The molecule has 0 aliphatic carbocycles. The summed E-state index contributed by atoms with van der Waals surface area (Å²) in [4.78, 5) is 18.2. The Morgan fingerprint density at radius 2 is 2.04 bits per heavy atom. The first kappa shape index (κ1) is 22.4. The Bertz CT molecular complexity index is 703. The van der Waals surface area contributed by atoms with E-state index in [4.69, 9.17) is 9.47 Å². The molecule has 1 aromatic rings. The van der Waals surface area contributed by atoms with Crippen LogP contribution >= 0.6 is 0 Å². The van der Waals surface area contributed by atoms with E-state index >= 15 is 0 Å². The van der Waals surface area contributed by atoms with Crippen molar-refractivity contribution < 1.29 is 22.7 Å². The molecule has 0 atom stereocenters. The minimum Gasteiger partial charge on any atom is -0.475 e. The fraction of sp³-hybridized carbons (Fsp3) is 0.667. The molecule has 158 valence electrons. The highest BCUT2D eigenvalue weighted by atomic mass is 32.2. The monoisotopic (exact) mass is 414 g/mol. The van der Waals surface area contributed by atoms with E-state index in [1.54, 1.807) is 24.3 Å². The molecule has 2 rings (SSSR count). The van der Waals surface area contributed by atoms with Crippen LogP contribution in [0.4, 0.5) is 4.79 Å². The fourth-order valence-electron chi connectivity index (χ4n) is 2.90. The molecule has 2 heterocycles. The van der Waals surface area contributed by atoms with Gasteiger partial charge in [0.15, 0.2) is 0 Å². The van der Waals surface area contributed by atoms with Crippen LogP contribution in [0.3, 0.4) is 0 Å². The van der Waals surface area contributed by atoms with Crippen LogP contribution in [0.5, 0.6) is 5.88 Å². The summed E-state index contributed by atoms with van der Waals surface area (Å²) < 4.78 is 36.7. The van der Waals surface area contributed by atoms with Crippen LogP contribution in [-0.2, 0) is 21.3 Å². The van der Waals surface area contributed by atoms with Crippen LogP contribution in [-0.4, -0.2) is 69.5 Å². The summed E-state index contributed by atoms with van der Waals surface area (Å²) in [6.45, 7) is 4.18. The second-order valence-corrected chi connectivity index (χ2v) is 8.58. The molecule has 9 nitrogen and oxygen atoms in total. The van der Waals surface area contributed by atoms with Gasteiger partial charge < -0.3 is 19.7 Å². The number of methoxy groups -OCH3 is 1. The highest BCUT2D eigenvalue weighted by molar-refractivity contribution is 7.89. The van der Waals surface area contributed by atoms with Gasteiger partial charge in [-0.2, -0.15) is 0 Å². The van der Waals surface area contributed by atoms with Gasteiger partial charge in [-0.15, -0.1) is 0 Å². The van der Waals surface area contributed by atoms with E-state index in [0.717, 1.165) is 5.56 Å². The van der Waals surface area contributed by atoms with Crippen molar-refractivity contribution in [2.75, 3.05) is 39.2 Å². The third kappa shape index (κ3) is 7.61. The molecule has 0 unspecified atom stereocenters. The molecule has 0 spiro atoms. The quantitative estimate of drug-likeness (QED) is 0.555. The average molecular weight is 415 g/mol. The minimum absolute atomic E-state index is 0.101. The van der Waals surface area contributed by atoms with Crippen LogP contribution in [0, 0.1) is 0 Å². The third-order valence-electron chi connectivity index (χ3n) is 4.38. The number of hydrogen-bond acceptors (Lipinski definition) is 6. The number of aromatic nitrogens is 1. The maximum absolute atomic E-state index is 12.3. The van der Waals surface area contributed by atoms with Gasteiger partial charge >= 0.3 is 6.03 Å². The summed E-state index contributed by atoms with van der Waals surface area (Å²) in [6.07, 6.45) is 3.49. The summed E-state index contributed by atoms with van der Waals surface area (Å²) in [5, 5.41) is 2.87. The Morgan fingerprint density at radius 1 is 1.29 bits per heavy atom. The summed E-state index contributed by atoms with van der Waals surface area (Å²) in [7, 11) is -1.61. The molecule has 2 N–H and O–H groups in total. The summed E-state index contributed by atoms with van der Waals surface area (Å²) in [5.41, 5.74) is 0.870. The number of carbonyl (C=O) groups is 1. The Hall–Kier alpha value is -1.91. The lowest BCUT2D eigenvalue weighted by Crippen LogP contribution is -2.49. The van der Waals surface area contributed by atoms with Crippen molar-refractivity contribution in [3.05, 3.63) is 23.9 Å². The van der Waals surface area contributed by atoms with Gasteiger partial charge in [0.05, 0.1) is 12.4 Å². The van der Waals surface area contributed by atoms with Gasteiger partial charge in [0.2, 0.25) is 15.9 Å². The van der Waals surface area contributed by atoms with E-state index < -0.39 is 10.0 Å². The first-order valence-electron chi connectivity index (χ1n) is 9.53. The molecule has 0 saturated carbocycles. The van der Waals surface area contributed by atoms with Crippen LogP contribution in [0.1, 0.15) is 31.7 Å². The number of likely N-dealkylation sites (tertiary alicyclic amines) is 1. The average Bonchev–Trinajstić information content (AvgIpc) is 2.67. The highest BCUT2D eigenvalue weighted by Crippen LogP contribution is 2.12. The third-order valence-corrected chi connectivity index (χ3v) is 6.02. The molecule has 1 aromatic heterocycles. The predicted molar refractivity (Wildman–Crippen MR) is 106 cm³/mol. The van der Waals surface area contributed by atoms with Crippen LogP contribution in [0.2, 0.25) is 0 Å². The summed E-state index contributed by atoms with van der Waals surface area (Å²) in [6, 6.07) is 3.35. The molecule has 1 aliphatic heterocycles. The maximum atomic E-state index is 12.3. The lowest BCUT2D eigenvalue weighted by atomic mass is 10.1. The van der Waals surface area contributed by atoms with Gasteiger partial charge in [-0.1, -0.05) is 13.0 Å². The first-order chi connectivity index (χ1) is 13.4. The Morgan fingerprint density at radius 3 is 2.64 bits per heavy atom. The van der Waals surface area contributed by atoms with Crippen molar-refractivity contribution in [1.82, 2.24) is 19.9 Å². The molecule has 10 heteroatoms. The van der Waals surface area contributed by atoms with Crippen LogP contribution in [0.15, 0.2) is 18.3 Å². The van der Waals surface area contributed by atoms with Crippen molar-refractivity contribution in [3.63, 3.8) is 0 Å². The number of sulfonamides is 1. The normalized spacial score (nSPS) is 15.4. The topological polar surface area (TPSA) is 110 Å². The summed E-state index contributed by atoms with van der Waals surface area (Å²) >= 11 is 0. The Labute approximate surface area is 166 Å². The summed E-state index contributed by atoms with van der Waals surface area (Å²) in [5.74, 6) is 0.650. The van der Waals surface area contributed by atoms with E-state index in [1.165, 1.54) is 0 Å². The number of nitrogens with zero attached hydrogens (tertiary/aromatic N) is 2. The van der Waals surface area contributed by atoms with E-state index in [2.05, 4.69) is 15.0 Å². The molecule has 2 amide bonds. The second-order valence-electron chi connectivity index (χ2n) is 6.70. The van der Waals surface area contributed by atoms with E-state index in [0.29, 0.717) is 58.0 Å². The largest absolute Gasteiger partial charge is 0.475 e. The standard InChI is InChI=1S/C18H30N4O5S/c1-3-12-28(24,25)21-16-6-8-22(9-7-16)18(23)20-14-15-4-5-17(19-13-15)27-11-10-26-2/h4-5,13,16,21H,3,6-12,14H2,1-2H3,(H,20,23). The van der Waals surface area contributed by atoms with Crippen molar-refractivity contribution in [1.29, 1.82) is 0 Å². The zero-order chi connectivity index (χ0) is 20.4. The van der Waals surface area contributed by atoms with Crippen molar-refractivity contribution in [3.8, 4) is 5.88 Å². The van der Waals surface area contributed by atoms with Gasteiger partial charge in [0.25, 0.3) is 0 Å². The van der Waals surface area contributed by atoms with Gasteiger partial charge in [-0.05, 0) is 24.8 Å². The van der Waals surface area contributed by atoms with Gasteiger partial charge in [-0.3, -0.25) is 0 Å². The second kappa shape index (κ2) is 11.2. The van der Waals surface area contributed by atoms with Crippen LogP contribution in [0.25, 0.3) is 0 Å².